The number of benzene rings is 1. The highest BCUT2D eigenvalue weighted by atomic mass is 35.5. The maximum absolute atomic E-state index is 13.0. The number of aromatic nitrogens is 2. The van der Waals surface area contributed by atoms with Crippen LogP contribution in [0.1, 0.15) is 16.7 Å². The summed E-state index contributed by atoms with van der Waals surface area (Å²) in [6, 6.07) is 5.63. The van der Waals surface area contributed by atoms with Crippen molar-refractivity contribution in [1.82, 2.24) is 9.55 Å². The second-order valence-corrected chi connectivity index (χ2v) is 8.47. The molecule has 0 unspecified atom stereocenters. The molecule has 2 aromatic heterocycles. The van der Waals surface area contributed by atoms with Crippen LogP contribution in [-0.4, -0.2) is 18.0 Å². The summed E-state index contributed by atoms with van der Waals surface area (Å²) in [6.45, 7) is 1.36. The number of nitrogens with zero attached hydrogens (tertiary/aromatic N) is 2. The molecule has 0 fully saturated rings. The summed E-state index contributed by atoms with van der Waals surface area (Å²) in [4.78, 5) is 3.60. The van der Waals surface area contributed by atoms with Crippen molar-refractivity contribution in [2.45, 2.75) is 24.3 Å². The summed E-state index contributed by atoms with van der Waals surface area (Å²) in [7, 11) is -4.46. The van der Waals surface area contributed by atoms with Gasteiger partial charge in [-0.25, -0.2) is 4.98 Å². The molecule has 166 valence electrons. The van der Waals surface area contributed by atoms with Gasteiger partial charge in [0.2, 0.25) is 0 Å². The number of alkyl halides is 6. The van der Waals surface area contributed by atoms with Gasteiger partial charge in [0.25, 0.3) is 10.0 Å². The van der Waals surface area contributed by atoms with Gasteiger partial charge in [-0.15, -0.1) is 0 Å². The van der Waals surface area contributed by atoms with Crippen LogP contribution >= 0.6 is 11.6 Å². The third-order valence-electron chi connectivity index (χ3n) is 4.02. The Balaban J connectivity index is 2.01. The van der Waals surface area contributed by atoms with Crippen molar-refractivity contribution in [2.75, 3.05) is 4.72 Å². The fourth-order valence-electron chi connectivity index (χ4n) is 2.74. The predicted octanol–water partition coefficient (Wildman–Crippen LogP) is 5.67. The molecule has 2 heterocycles. The first-order valence-electron chi connectivity index (χ1n) is 8.31. The Kier molecular flexibility index (Phi) is 5.74. The molecule has 0 spiro atoms. The van der Waals surface area contributed by atoms with Crippen LogP contribution in [0.3, 0.4) is 0 Å². The molecule has 0 atom stereocenters. The molecule has 1 N–H and O–H groups in total. The molecule has 13 heteroatoms. The highest BCUT2D eigenvalue weighted by Gasteiger charge is 2.33. The Hall–Kier alpha value is -2.73. The van der Waals surface area contributed by atoms with E-state index in [4.69, 9.17) is 11.6 Å². The van der Waals surface area contributed by atoms with Crippen LogP contribution in [0.5, 0.6) is 0 Å². The van der Waals surface area contributed by atoms with Crippen molar-refractivity contribution in [3.05, 3.63) is 70.5 Å². The van der Waals surface area contributed by atoms with Crippen LogP contribution < -0.4 is 4.72 Å². The Morgan fingerprint density at radius 2 is 1.65 bits per heavy atom. The highest BCUT2D eigenvalue weighted by Crippen LogP contribution is 2.34. The largest absolute Gasteiger partial charge is 0.417 e. The zero-order valence-electron chi connectivity index (χ0n) is 15.4. The van der Waals surface area contributed by atoms with Crippen LogP contribution in [0.2, 0.25) is 5.02 Å². The molecule has 0 amide bonds. The van der Waals surface area contributed by atoms with Gasteiger partial charge in [0.05, 0.1) is 16.1 Å². The van der Waals surface area contributed by atoms with Crippen molar-refractivity contribution in [3.63, 3.8) is 0 Å². The van der Waals surface area contributed by atoms with E-state index in [1.807, 2.05) is 4.72 Å². The van der Waals surface area contributed by atoms with Gasteiger partial charge in [0.15, 0.2) is 10.8 Å². The number of nitrogens with one attached hydrogen (secondary N) is 1. The lowest BCUT2D eigenvalue weighted by Gasteiger charge is -2.15. The molecule has 0 bridgehead atoms. The molecule has 0 aliphatic heterocycles. The molecule has 0 aliphatic rings. The lowest BCUT2D eigenvalue weighted by Crippen LogP contribution is -2.18. The van der Waals surface area contributed by atoms with Gasteiger partial charge >= 0.3 is 12.4 Å². The monoisotopic (exact) mass is 483 g/mol. The second-order valence-electron chi connectivity index (χ2n) is 6.43. The summed E-state index contributed by atoms with van der Waals surface area (Å²) in [5.41, 5.74) is -2.36. The molecular weight excluding hydrogens is 472 g/mol. The van der Waals surface area contributed by atoms with E-state index in [0.29, 0.717) is 18.3 Å². The van der Waals surface area contributed by atoms with Crippen LogP contribution in [0.15, 0.2) is 53.8 Å². The summed E-state index contributed by atoms with van der Waals surface area (Å²) >= 11 is 5.88. The number of sulfonamides is 1. The van der Waals surface area contributed by atoms with Gasteiger partial charge in [0.1, 0.15) is 0 Å². The average molecular weight is 484 g/mol. The summed E-state index contributed by atoms with van der Waals surface area (Å²) in [6.07, 6.45) is -7.72. The first kappa shape index (κ1) is 22.9. The van der Waals surface area contributed by atoms with Gasteiger partial charge in [-0.05, 0) is 48.9 Å². The molecule has 0 radical (unpaired) electrons. The van der Waals surface area contributed by atoms with E-state index in [9.17, 15) is 34.8 Å². The highest BCUT2D eigenvalue weighted by molar-refractivity contribution is 7.92. The van der Waals surface area contributed by atoms with Gasteiger partial charge in [-0.3, -0.25) is 9.29 Å². The molecule has 0 saturated heterocycles. The van der Waals surface area contributed by atoms with Crippen LogP contribution in [-0.2, 0) is 22.4 Å². The predicted molar refractivity (Wildman–Crippen MR) is 101 cm³/mol. The second kappa shape index (κ2) is 7.75. The van der Waals surface area contributed by atoms with E-state index in [-0.39, 0.29) is 17.1 Å². The Morgan fingerprint density at radius 1 is 1.00 bits per heavy atom. The lowest BCUT2D eigenvalue weighted by atomic mass is 10.1. The maximum atomic E-state index is 13.0. The Labute approximate surface area is 177 Å². The average Bonchev–Trinajstić information content (AvgIpc) is 3.09. The van der Waals surface area contributed by atoms with Crippen molar-refractivity contribution in [2.24, 2.45) is 0 Å². The Morgan fingerprint density at radius 3 is 2.23 bits per heavy atom. The van der Waals surface area contributed by atoms with Gasteiger partial charge in [0, 0.05) is 18.1 Å². The quantitative estimate of drug-likeness (QED) is 0.486. The zero-order chi connectivity index (χ0) is 23.2. The normalized spacial score (nSPS) is 12.8. The number of pyridine rings is 1. The molecule has 31 heavy (non-hydrogen) atoms. The number of hydrogen-bond donors (Lipinski definition) is 1. The summed E-state index contributed by atoms with van der Waals surface area (Å²) < 4.78 is 106. The molecule has 0 saturated carbocycles. The zero-order valence-corrected chi connectivity index (χ0v) is 17.0. The Bertz CT molecular complexity index is 1240. The van der Waals surface area contributed by atoms with Crippen molar-refractivity contribution in [3.8, 4) is 5.82 Å². The van der Waals surface area contributed by atoms with Gasteiger partial charge < -0.3 is 0 Å². The van der Waals surface area contributed by atoms with Crippen LogP contribution in [0.25, 0.3) is 5.82 Å². The minimum Gasteiger partial charge on any atom is -0.289 e. The SMILES string of the molecule is Cc1cc(NS(=O)(=O)c2cccn2-c2ncc(C(F)(F)F)cc2Cl)cc(C(F)(F)F)c1. The minimum atomic E-state index is -4.70. The van der Waals surface area contributed by atoms with Gasteiger partial charge in [-0.1, -0.05) is 11.6 Å². The molecule has 0 aliphatic carbocycles. The summed E-state index contributed by atoms with van der Waals surface area (Å²) in [5, 5.41) is -0.964. The van der Waals surface area contributed by atoms with E-state index in [1.165, 1.54) is 25.3 Å². The molecular formula is C18H12ClF6N3O2S. The number of rotatable bonds is 4. The molecule has 3 aromatic rings. The van der Waals surface area contributed by atoms with E-state index in [2.05, 4.69) is 4.98 Å². The maximum Gasteiger partial charge on any atom is 0.417 e. The fourth-order valence-corrected chi connectivity index (χ4v) is 4.19. The lowest BCUT2D eigenvalue weighted by molar-refractivity contribution is -0.138. The molecule has 5 nitrogen and oxygen atoms in total. The topological polar surface area (TPSA) is 64.0 Å². The smallest absolute Gasteiger partial charge is 0.289 e. The van der Waals surface area contributed by atoms with Crippen LogP contribution in [0, 0.1) is 6.92 Å². The first-order valence-corrected chi connectivity index (χ1v) is 10.2. The summed E-state index contributed by atoms with van der Waals surface area (Å²) in [5.74, 6) is -0.305. The van der Waals surface area contributed by atoms with E-state index in [0.717, 1.165) is 16.7 Å². The van der Waals surface area contributed by atoms with E-state index in [1.54, 1.807) is 0 Å². The minimum absolute atomic E-state index is 0.162. The number of halogens is 7. The van der Waals surface area contributed by atoms with E-state index >= 15 is 0 Å². The first-order chi connectivity index (χ1) is 14.2. The number of aryl methyl sites for hydroxylation is 1. The van der Waals surface area contributed by atoms with Crippen molar-refractivity contribution >= 4 is 27.3 Å². The van der Waals surface area contributed by atoms with E-state index < -0.39 is 43.6 Å². The van der Waals surface area contributed by atoms with Gasteiger partial charge in [-0.2, -0.15) is 34.8 Å². The van der Waals surface area contributed by atoms with Crippen molar-refractivity contribution < 1.29 is 34.8 Å². The standard InChI is InChI=1S/C18H12ClF6N3O2S/c1-10-5-11(17(20,21)22)7-13(6-10)27-31(29,30)15-3-2-4-28(15)16-14(19)8-12(9-26-16)18(23,24)25/h2-9,27H,1H3. The molecule has 3 rings (SSSR count). The number of anilines is 1. The third kappa shape index (κ3) is 4.96. The number of hydrogen-bond acceptors (Lipinski definition) is 3. The fraction of sp³-hybridized carbons (Fsp3) is 0.167. The third-order valence-corrected chi connectivity index (χ3v) is 5.69. The van der Waals surface area contributed by atoms with Crippen LogP contribution in [0.4, 0.5) is 32.0 Å². The van der Waals surface area contributed by atoms with Crippen molar-refractivity contribution in [1.29, 1.82) is 0 Å². The molecule has 1 aromatic carbocycles.